The molecule has 0 atom stereocenters. The molecule has 17 heavy (non-hydrogen) atoms. The Morgan fingerprint density at radius 1 is 0.941 bits per heavy atom. The molecule has 1 nitrogen and oxygen atoms in total. The van der Waals surface area contributed by atoms with Crippen molar-refractivity contribution >= 4 is 21.4 Å². The zero-order chi connectivity index (χ0) is 11.7. The number of hydrogen-bond donors (Lipinski definition) is 1. The van der Waals surface area contributed by atoms with Gasteiger partial charge >= 0.3 is 0 Å². The third-order valence-corrected chi connectivity index (χ3v) is 3.98. The molecule has 2 heteroatoms. The molecule has 2 aromatic carbocycles. The molecule has 0 fully saturated rings. The number of aliphatic hydroxyl groups excluding tert-OH is 1. The van der Waals surface area contributed by atoms with Gasteiger partial charge in [-0.15, -0.1) is 11.3 Å². The largest absolute Gasteiger partial charge is 0.392 e. The van der Waals surface area contributed by atoms with Gasteiger partial charge in [-0.3, -0.25) is 0 Å². The fourth-order valence-corrected chi connectivity index (χ4v) is 3.01. The molecule has 84 valence electrons. The summed E-state index contributed by atoms with van der Waals surface area (Å²) in [4.78, 5) is 1.25. The van der Waals surface area contributed by atoms with Gasteiger partial charge in [0.1, 0.15) is 0 Å². The number of hydrogen-bond acceptors (Lipinski definition) is 2. The molecule has 0 aliphatic rings. The topological polar surface area (TPSA) is 20.2 Å². The lowest BCUT2D eigenvalue weighted by atomic mass is 10.1. The first-order chi connectivity index (χ1) is 8.36. The number of benzene rings is 2. The third kappa shape index (κ3) is 1.97. The molecule has 1 heterocycles. The minimum absolute atomic E-state index is 0.0960. The Kier molecular flexibility index (Phi) is 2.67. The van der Waals surface area contributed by atoms with Crippen LogP contribution in [0.5, 0.6) is 0 Å². The normalized spacial score (nSPS) is 10.9. The van der Waals surface area contributed by atoms with Gasteiger partial charge in [-0.05, 0) is 34.7 Å². The molecule has 3 aromatic rings. The number of rotatable bonds is 2. The molecular weight excluding hydrogens is 228 g/mol. The van der Waals surface area contributed by atoms with E-state index in [2.05, 4.69) is 36.4 Å². The lowest BCUT2D eigenvalue weighted by Gasteiger charge is -1.99. The van der Waals surface area contributed by atoms with E-state index in [9.17, 15) is 0 Å². The first-order valence-corrected chi connectivity index (χ1v) is 6.37. The molecule has 0 spiro atoms. The summed E-state index contributed by atoms with van der Waals surface area (Å²) in [7, 11) is 0. The SMILES string of the molecule is OCc1cccc(-c2cc3ccccc3s2)c1. The van der Waals surface area contributed by atoms with E-state index < -0.39 is 0 Å². The van der Waals surface area contributed by atoms with Gasteiger partial charge in [0.15, 0.2) is 0 Å². The van der Waals surface area contributed by atoms with E-state index in [4.69, 9.17) is 5.11 Å². The second kappa shape index (κ2) is 4.32. The zero-order valence-corrected chi connectivity index (χ0v) is 10.1. The smallest absolute Gasteiger partial charge is 0.0682 e. The van der Waals surface area contributed by atoms with Crippen molar-refractivity contribution < 1.29 is 5.11 Å². The summed E-state index contributed by atoms with van der Waals surface area (Å²) in [6.45, 7) is 0.0960. The molecule has 0 aliphatic carbocycles. The van der Waals surface area contributed by atoms with Crippen molar-refractivity contribution in [2.45, 2.75) is 6.61 Å². The summed E-state index contributed by atoms with van der Waals surface area (Å²) < 4.78 is 1.30. The van der Waals surface area contributed by atoms with Crippen LogP contribution in [0.15, 0.2) is 54.6 Å². The number of aliphatic hydroxyl groups is 1. The van der Waals surface area contributed by atoms with E-state index in [1.54, 1.807) is 11.3 Å². The maximum absolute atomic E-state index is 9.15. The van der Waals surface area contributed by atoms with Crippen molar-refractivity contribution in [2.24, 2.45) is 0 Å². The number of fused-ring (bicyclic) bond motifs is 1. The van der Waals surface area contributed by atoms with Gasteiger partial charge in [0.2, 0.25) is 0 Å². The first kappa shape index (κ1) is 10.5. The van der Waals surface area contributed by atoms with Crippen LogP contribution in [0.3, 0.4) is 0 Å². The Morgan fingerprint density at radius 3 is 2.65 bits per heavy atom. The molecule has 1 N–H and O–H groups in total. The molecule has 0 amide bonds. The molecule has 0 aliphatic heterocycles. The van der Waals surface area contributed by atoms with Gasteiger partial charge in [-0.1, -0.05) is 36.4 Å². The van der Waals surface area contributed by atoms with E-state index in [0.29, 0.717) is 0 Å². The highest BCUT2D eigenvalue weighted by atomic mass is 32.1. The summed E-state index contributed by atoms with van der Waals surface area (Å²) in [6.07, 6.45) is 0. The molecule has 0 bridgehead atoms. The Morgan fingerprint density at radius 2 is 1.82 bits per heavy atom. The highest BCUT2D eigenvalue weighted by Crippen LogP contribution is 2.33. The highest BCUT2D eigenvalue weighted by Gasteiger charge is 2.04. The van der Waals surface area contributed by atoms with Crippen LogP contribution < -0.4 is 0 Å². The lowest BCUT2D eigenvalue weighted by Crippen LogP contribution is -1.82. The Labute approximate surface area is 104 Å². The van der Waals surface area contributed by atoms with Crippen LogP contribution in [0.2, 0.25) is 0 Å². The average Bonchev–Trinajstić information content (AvgIpc) is 2.82. The standard InChI is InChI=1S/C15H12OS/c16-10-11-4-3-6-12(8-11)15-9-13-5-1-2-7-14(13)17-15/h1-9,16H,10H2. The summed E-state index contributed by atoms with van der Waals surface area (Å²) in [5.74, 6) is 0. The van der Waals surface area contributed by atoms with E-state index in [0.717, 1.165) is 5.56 Å². The molecular formula is C15H12OS. The van der Waals surface area contributed by atoms with Crippen molar-refractivity contribution in [3.05, 3.63) is 60.2 Å². The minimum atomic E-state index is 0.0960. The minimum Gasteiger partial charge on any atom is -0.392 e. The predicted octanol–water partition coefficient (Wildman–Crippen LogP) is 4.06. The molecule has 3 rings (SSSR count). The van der Waals surface area contributed by atoms with Gasteiger partial charge in [-0.25, -0.2) is 0 Å². The van der Waals surface area contributed by atoms with Crippen molar-refractivity contribution in [1.82, 2.24) is 0 Å². The van der Waals surface area contributed by atoms with E-state index in [-0.39, 0.29) is 6.61 Å². The summed E-state index contributed by atoms with van der Waals surface area (Å²) in [5.41, 5.74) is 2.14. The fourth-order valence-electron chi connectivity index (χ4n) is 1.95. The lowest BCUT2D eigenvalue weighted by molar-refractivity contribution is 0.282. The molecule has 0 saturated heterocycles. The maximum Gasteiger partial charge on any atom is 0.0682 e. The summed E-state index contributed by atoms with van der Waals surface area (Å²) in [5, 5.41) is 10.4. The maximum atomic E-state index is 9.15. The zero-order valence-electron chi connectivity index (χ0n) is 9.26. The predicted molar refractivity (Wildman–Crippen MR) is 73.2 cm³/mol. The quantitative estimate of drug-likeness (QED) is 0.716. The number of thiophene rings is 1. The fraction of sp³-hybridized carbons (Fsp3) is 0.0667. The molecule has 0 saturated carbocycles. The van der Waals surface area contributed by atoms with Gasteiger partial charge in [0.25, 0.3) is 0 Å². The Balaban J connectivity index is 2.13. The van der Waals surface area contributed by atoms with E-state index in [1.165, 1.54) is 20.5 Å². The molecule has 1 aromatic heterocycles. The monoisotopic (exact) mass is 240 g/mol. The average molecular weight is 240 g/mol. The Bertz CT molecular complexity index is 622. The van der Waals surface area contributed by atoms with Crippen LogP contribution in [0.4, 0.5) is 0 Å². The van der Waals surface area contributed by atoms with Crippen LogP contribution in [-0.4, -0.2) is 5.11 Å². The second-order valence-corrected chi connectivity index (χ2v) is 5.09. The van der Waals surface area contributed by atoms with Gasteiger partial charge in [-0.2, -0.15) is 0 Å². The van der Waals surface area contributed by atoms with Crippen molar-refractivity contribution in [2.75, 3.05) is 0 Å². The van der Waals surface area contributed by atoms with Crippen LogP contribution >= 0.6 is 11.3 Å². The highest BCUT2D eigenvalue weighted by molar-refractivity contribution is 7.22. The Hall–Kier alpha value is -1.64. The van der Waals surface area contributed by atoms with E-state index >= 15 is 0 Å². The van der Waals surface area contributed by atoms with Gasteiger partial charge < -0.3 is 5.11 Å². The van der Waals surface area contributed by atoms with Gasteiger partial charge in [0.05, 0.1) is 6.61 Å². The first-order valence-electron chi connectivity index (χ1n) is 5.55. The third-order valence-electron chi connectivity index (χ3n) is 2.82. The van der Waals surface area contributed by atoms with Crippen LogP contribution in [0.1, 0.15) is 5.56 Å². The summed E-state index contributed by atoms with van der Waals surface area (Å²) >= 11 is 1.79. The van der Waals surface area contributed by atoms with Crippen molar-refractivity contribution in [3.8, 4) is 10.4 Å². The summed E-state index contributed by atoms with van der Waals surface area (Å²) in [6, 6.07) is 18.7. The van der Waals surface area contributed by atoms with Crippen LogP contribution in [0.25, 0.3) is 20.5 Å². The van der Waals surface area contributed by atoms with Crippen LogP contribution in [0, 0.1) is 0 Å². The van der Waals surface area contributed by atoms with E-state index in [1.807, 2.05) is 18.2 Å². The van der Waals surface area contributed by atoms with Crippen LogP contribution in [-0.2, 0) is 6.61 Å². The molecule has 0 unspecified atom stereocenters. The van der Waals surface area contributed by atoms with Crippen molar-refractivity contribution in [3.63, 3.8) is 0 Å². The van der Waals surface area contributed by atoms with Gasteiger partial charge in [0, 0.05) is 9.58 Å². The van der Waals surface area contributed by atoms with Crippen molar-refractivity contribution in [1.29, 1.82) is 0 Å². The molecule has 0 radical (unpaired) electrons. The second-order valence-electron chi connectivity index (χ2n) is 4.01.